The molecule has 0 radical (unpaired) electrons. The Balaban J connectivity index is 1.30. The summed E-state index contributed by atoms with van der Waals surface area (Å²) < 4.78 is 0. The van der Waals surface area contributed by atoms with Gasteiger partial charge in [0.1, 0.15) is 5.70 Å². The van der Waals surface area contributed by atoms with E-state index in [2.05, 4.69) is 16.0 Å². The average molecular weight is 615 g/mol. The fraction of sp³-hybridized carbons (Fsp3) is 0.108. The molecule has 0 aliphatic rings. The standard InChI is InChI=1S/C37H34N4O3S/c1-25(35(42)39-33-18-9-14-27-11-7-8-17-32(27)33)45-31-16-10-15-29(24-31)38-37(44)34(40-36(43)28-12-5-4-6-13-28)23-26-19-21-30(22-20-26)41(2)3/h4-25H,1-3H3,(H,38,44)(H,39,42)(H,40,43)/b34-23+. The van der Waals surface area contributed by atoms with Crippen LogP contribution in [0.1, 0.15) is 22.8 Å². The molecule has 0 fully saturated rings. The van der Waals surface area contributed by atoms with Crippen molar-refractivity contribution in [1.82, 2.24) is 5.32 Å². The lowest BCUT2D eigenvalue weighted by atomic mass is 10.1. The van der Waals surface area contributed by atoms with Crippen molar-refractivity contribution in [2.75, 3.05) is 29.6 Å². The molecule has 0 saturated heterocycles. The summed E-state index contributed by atoms with van der Waals surface area (Å²) in [5.74, 6) is -0.989. The van der Waals surface area contributed by atoms with Crippen molar-refractivity contribution < 1.29 is 14.4 Å². The van der Waals surface area contributed by atoms with Crippen molar-refractivity contribution >= 4 is 63.4 Å². The maximum absolute atomic E-state index is 13.5. The molecule has 1 unspecified atom stereocenters. The quantitative estimate of drug-likeness (QED) is 0.112. The molecule has 226 valence electrons. The SMILES string of the molecule is CC(Sc1cccc(NC(=O)/C(=C\c2ccc(N(C)C)cc2)NC(=O)c2ccccc2)c1)C(=O)Nc1cccc2ccccc12. The van der Waals surface area contributed by atoms with Crippen LogP contribution in [0, 0.1) is 0 Å². The lowest BCUT2D eigenvalue weighted by Gasteiger charge is -2.15. The van der Waals surface area contributed by atoms with Gasteiger partial charge in [-0.25, -0.2) is 0 Å². The molecule has 7 nitrogen and oxygen atoms in total. The number of nitrogens with zero attached hydrogens (tertiary/aromatic N) is 1. The van der Waals surface area contributed by atoms with E-state index >= 15 is 0 Å². The highest BCUT2D eigenvalue weighted by Gasteiger charge is 2.18. The van der Waals surface area contributed by atoms with Crippen LogP contribution in [0.25, 0.3) is 16.8 Å². The number of hydrogen-bond donors (Lipinski definition) is 3. The number of fused-ring (bicyclic) bond motifs is 1. The Bertz CT molecular complexity index is 1850. The van der Waals surface area contributed by atoms with Crippen molar-refractivity contribution in [3.63, 3.8) is 0 Å². The zero-order chi connectivity index (χ0) is 31.8. The summed E-state index contributed by atoms with van der Waals surface area (Å²) in [5, 5.41) is 10.4. The van der Waals surface area contributed by atoms with Crippen LogP contribution in [0.3, 0.4) is 0 Å². The normalized spacial score (nSPS) is 11.8. The lowest BCUT2D eigenvalue weighted by molar-refractivity contribution is -0.115. The fourth-order valence-corrected chi connectivity index (χ4v) is 5.58. The van der Waals surface area contributed by atoms with Gasteiger partial charge in [-0.2, -0.15) is 0 Å². The van der Waals surface area contributed by atoms with Gasteiger partial charge in [-0.15, -0.1) is 11.8 Å². The smallest absolute Gasteiger partial charge is 0.272 e. The number of rotatable bonds is 10. The van der Waals surface area contributed by atoms with E-state index in [0.717, 1.165) is 32.6 Å². The second-order valence-corrected chi connectivity index (χ2v) is 12.0. The molecule has 0 heterocycles. The van der Waals surface area contributed by atoms with Crippen LogP contribution in [0.15, 0.2) is 132 Å². The summed E-state index contributed by atoms with van der Waals surface area (Å²) in [6.07, 6.45) is 1.65. The first-order valence-electron chi connectivity index (χ1n) is 14.5. The van der Waals surface area contributed by atoms with E-state index in [1.807, 2.05) is 117 Å². The second-order valence-electron chi connectivity index (χ2n) is 10.6. The molecule has 8 heteroatoms. The van der Waals surface area contributed by atoms with Crippen LogP contribution in [0.5, 0.6) is 0 Å². The van der Waals surface area contributed by atoms with E-state index in [1.165, 1.54) is 11.8 Å². The topological polar surface area (TPSA) is 90.5 Å². The molecular weight excluding hydrogens is 580 g/mol. The minimum Gasteiger partial charge on any atom is -0.378 e. The van der Waals surface area contributed by atoms with Gasteiger partial charge in [0.15, 0.2) is 0 Å². The van der Waals surface area contributed by atoms with Crippen molar-refractivity contribution in [3.05, 3.63) is 138 Å². The Morgan fingerprint density at radius 3 is 2.20 bits per heavy atom. The van der Waals surface area contributed by atoms with E-state index in [1.54, 1.807) is 36.4 Å². The third-order valence-corrected chi connectivity index (χ3v) is 8.16. The number of anilines is 3. The summed E-state index contributed by atoms with van der Waals surface area (Å²) >= 11 is 1.39. The Morgan fingerprint density at radius 2 is 1.44 bits per heavy atom. The van der Waals surface area contributed by atoms with Gasteiger partial charge in [0, 0.05) is 47.0 Å². The van der Waals surface area contributed by atoms with Crippen LogP contribution in [0.2, 0.25) is 0 Å². The maximum Gasteiger partial charge on any atom is 0.272 e. The number of carbonyl (C=O) groups is 3. The number of benzene rings is 5. The fourth-order valence-electron chi connectivity index (χ4n) is 4.65. The molecule has 45 heavy (non-hydrogen) atoms. The number of amides is 3. The van der Waals surface area contributed by atoms with Crippen molar-refractivity contribution in [3.8, 4) is 0 Å². The number of hydrogen-bond acceptors (Lipinski definition) is 5. The first-order chi connectivity index (χ1) is 21.8. The zero-order valence-electron chi connectivity index (χ0n) is 25.3. The molecule has 0 aliphatic carbocycles. The molecule has 0 spiro atoms. The third kappa shape index (κ3) is 8.19. The predicted molar refractivity (Wildman–Crippen MR) is 186 cm³/mol. The summed E-state index contributed by atoms with van der Waals surface area (Å²) in [6.45, 7) is 1.85. The highest BCUT2D eigenvalue weighted by molar-refractivity contribution is 8.00. The first-order valence-corrected chi connectivity index (χ1v) is 15.4. The third-order valence-electron chi connectivity index (χ3n) is 7.07. The van der Waals surface area contributed by atoms with E-state index in [4.69, 9.17) is 0 Å². The minimum atomic E-state index is -0.472. The van der Waals surface area contributed by atoms with Crippen LogP contribution in [-0.4, -0.2) is 37.1 Å². The molecule has 0 bridgehead atoms. The zero-order valence-corrected chi connectivity index (χ0v) is 26.1. The van der Waals surface area contributed by atoms with Gasteiger partial charge in [0.2, 0.25) is 5.91 Å². The van der Waals surface area contributed by atoms with E-state index in [0.29, 0.717) is 11.3 Å². The molecule has 0 aliphatic heterocycles. The van der Waals surface area contributed by atoms with Gasteiger partial charge in [-0.1, -0.05) is 72.8 Å². The van der Waals surface area contributed by atoms with Gasteiger partial charge in [-0.05, 0) is 72.5 Å². The Hall–Kier alpha value is -5.34. The van der Waals surface area contributed by atoms with E-state index in [-0.39, 0.29) is 11.6 Å². The number of nitrogens with one attached hydrogen (secondary N) is 3. The summed E-state index contributed by atoms with van der Waals surface area (Å²) in [6, 6.07) is 37.4. The summed E-state index contributed by atoms with van der Waals surface area (Å²) in [5.41, 5.74) is 3.61. The van der Waals surface area contributed by atoms with E-state index < -0.39 is 17.1 Å². The Labute approximate surface area is 267 Å². The van der Waals surface area contributed by atoms with E-state index in [9.17, 15) is 14.4 Å². The Morgan fingerprint density at radius 1 is 0.756 bits per heavy atom. The highest BCUT2D eigenvalue weighted by Crippen LogP contribution is 2.28. The molecule has 1 atom stereocenters. The van der Waals surface area contributed by atoms with Crippen LogP contribution >= 0.6 is 11.8 Å². The first kappa shape index (κ1) is 31.1. The van der Waals surface area contributed by atoms with Crippen molar-refractivity contribution in [2.24, 2.45) is 0 Å². The van der Waals surface area contributed by atoms with Gasteiger partial charge in [-0.3, -0.25) is 14.4 Å². The predicted octanol–water partition coefficient (Wildman–Crippen LogP) is 7.43. The largest absolute Gasteiger partial charge is 0.378 e. The van der Waals surface area contributed by atoms with Gasteiger partial charge < -0.3 is 20.9 Å². The van der Waals surface area contributed by atoms with Gasteiger partial charge in [0.25, 0.3) is 11.8 Å². The summed E-state index contributed by atoms with van der Waals surface area (Å²) in [4.78, 5) is 42.5. The molecule has 0 aromatic heterocycles. The van der Waals surface area contributed by atoms with Crippen LogP contribution in [0.4, 0.5) is 17.1 Å². The molecule has 5 aromatic carbocycles. The number of thioether (sulfide) groups is 1. The second kappa shape index (κ2) is 14.4. The molecule has 3 amide bonds. The molecular formula is C37H34N4O3S. The maximum atomic E-state index is 13.5. The average Bonchev–Trinajstić information content (AvgIpc) is 3.05. The monoisotopic (exact) mass is 614 g/mol. The molecule has 5 rings (SSSR count). The summed E-state index contributed by atoms with van der Waals surface area (Å²) in [7, 11) is 3.91. The van der Waals surface area contributed by atoms with Gasteiger partial charge >= 0.3 is 0 Å². The van der Waals surface area contributed by atoms with Crippen LogP contribution in [-0.2, 0) is 9.59 Å². The van der Waals surface area contributed by atoms with Gasteiger partial charge in [0.05, 0.1) is 5.25 Å². The number of carbonyl (C=O) groups excluding carboxylic acids is 3. The Kier molecular flexibility index (Phi) is 9.97. The molecule has 3 N–H and O–H groups in total. The highest BCUT2D eigenvalue weighted by atomic mass is 32.2. The van der Waals surface area contributed by atoms with Crippen LogP contribution < -0.4 is 20.9 Å². The minimum absolute atomic E-state index is 0.0994. The van der Waals surface area contributed by atoms with Crippen molar-refractivity contribution in [1.29, 1.82) is 0 Å². The van der Waals surface area contributed by atoms with Crippen molar-refractivity contribution in [2.45, 2.75) is 17.1 Å². The lowest BCUT2D eigenvalue weighted by Crippen LogP contribution is -2.30. The molecule has 5 aromatic rings. The molecule has 0 saturated carbocycles.